The van der Waals surface area contributed by atoms with E-state index in [1.165, 1.54) is 23.5 Å². The molecule has 0 aliphatic carbocycles. The molecular weight excluding hydrogens is 392 g/mol. The number of amides is 1. The number of carbonyl (C=O) groups excluding carboxylic acids is 2. The summed E-state index contributed by atoms with van der Waals surface area (Å²) < 4.78 is 32.4. The molecule has 2 aliphatic rings. The van der Waals surface area contributed by atoms with Crippen molar-refractivity contribution in [3.05, 3.63) is 29.8 Å². The Morgan fingerprint density at radius 1 is 1.17 bits per heavy atom. The normalized spacial score (nSPS) is 23.9. The van der Waals surface area contributed by atoms with E-state index < -0.39 is 16.0 Å². The van der Waals surface area contributed by atoms with Crippen LogP contribution >= 0.6 is 0 Å². The molecule has 0 aromatic heterocycles. The Bertz CT molecular complexity index is 862. The standard InChI is InChI=1S/C21H30N2O5S/c1-4-17-13-15(2)14-23(17)20(24)16-9-11-22(12-10-16)29(26,27)19-8-6-5-7-18(19)21(25)28-3/h5-8,15-17H,4,9-14H2,1-3H3/t15-,17+/m1/s1. The third kappa shape index (κ3) is 4.33. The number of rotatable bonds is 5. The van der Waals surface area contributed by atoms with E-state index in [4.69, 9.17) is 4.74 Å². The molecule has 1 amide bonds. The Kier molecular flexibility index (Phi) is 6.63. The number of likely N-dealkylation sites (tertiary alicyclic amines) is 1. The Morgan fingerprint density at radius 3 is 2.45 bits per heavy atom. The molecule has 0 unspecified atom stereocenters. The van der Waals surface area contributed by atoms with Gasteiger partial charge in [-0.05, 0) is 43.7 Å². The van der Waals surface area contributed by atoms with Gasteiger partial charge in [0.1, 0.15) is 0 Å². The molecule has 2 atom stereocenters. The number of sulfonamides is 1. The molecule has 2 heterocycles. The van der Waals surface area contributed by atoms with Gasteiger partial charge in [0.15, 0.2) is 0 Å². The number of ether oxygens (including phenoxy) is 1. The van der Waals surface area contributed by atoms with Crippen molar-refractivity contribution in [2.24, 2.45) is 11.8 Å². The summed E-state index contributed by atoms with van der Waals surface area (Å²) in [5.74, 6) is -0.146. The Morgan fingerprint density at radius 2 is 1.83 bits per heavy atom. The molecule has 0 N–H and O–H groups in total. The summed E-state index contributed by atoms with van der Waals surface area (Å²) in [4.78, 5) is 27.0. The zero-order valence-corrected chi connectivity index (χ0v) is 18.2. The highest BCUT2D eigenvalue weighted by atomic mass is 32.2. The van der Waals surface area contributed by atoms with Crippen LogP contribution in [0, 0.1) is 11.8 Å². The van der Waals surface area contributed by atoms with E-state index in [-0.39, 0.29) is 35.4 Å². The Hall–Kier alpha value is -1.93. The van der Waals surface area contributed by atoms with Gasteiger partial charge in [0.25, 0.3) is 0 Å². The van der Waals surface area contributed by atoms with E-state index >= 15 is 0 Å². The van der Waals surface area contributed by atoms with E-state index in [9.17, 15) is 18.0 Å². The lowest BCUT2D eigenvalue weighted by atomic mass is 9.96. The fraction of sp³-hybridized carbons (Fsp3) is 0.619. The molecule has 0 saturated carbocycles. The smallest absolute Gasteiger partial charge is 0.339 e. The number of esters is 1. The van der Waals surface area contributed by atoms with Gasteiger partial charge in [-0.1, -0.05) is 26.0 Å². The molecule has 2 fully saturated rings. The molecule has 160 valence electrons. The number of benzene rings is 1. The third-order valence-corrected chi connectivity index (χ3v) is 8.05. The van der Waals surface area contributed by atoms with Crippen molar-refractivity contribution in [3.8, 4) is 0 Å². The number of methoxy groups -OCH3 is 1. The van der Waals surface area contributed by atoms with Crippen molar-refractivity contribution in [1.29, 1.82) is 0 Å². The molecule has 0 bridgehead atoms. The lowest BCUT2D eigenvalue weighted by Gasteiger charge is -2.34. The number of carbonyl (C=O) groups is 2. The van der Waals surface area contributed by atoms with E-state index in [1.54, 1.807) is 12.1 Å². The molecule has 29 heavy (non-hydrogen) atoms. The lowest BCUT2D eigenvalue weighted by molar-refractivity contribution is -0.137. The van der Waals surface area contributed by atoms with Gasteiger partial charge in [-0.3, -0.25) is 4.79 Å². The average molecular weight is 423 g/mol. The summed E-state index contributed by atoms with van der Waals surface area (Å²) in [6, 6.07) is 6.38. The average Bonchev–Trinajstić information content (AvgIpc) is 3.13. The fourth-order valence-corrected chi connectivity index (χ4v) is 6.14. The highest BCUT2D eigenvalue weighted by Gasteiger charge is 2.39. The van der Waals surface area contributed by atoms with Crippen LogP contribution in [0.5, 0.6) is 0 Å². The van der Waals surface area contributed by atoms with Crippen molar-refractivity contribution in [2.75, 3.05) is 26.7 Å². The monoisotopic (exact) mass is 422 g/mol. The topological polar surface area (TPSA) is 84.0 Å². The van der Waals surface area contributed by atoms with Gasteiger partial charge in [0, 0.05) is 31.6 Å². The SMILES string of the molecule is CC[C@H]1C[C@@H](C)CN1C(=O)C1CCN(S(=O)(=O)c2ccccc2C(=O)OC)CC1. The van der Waals surface area contributed by atoms with Crippen LogP contribution < -0.4 is 0 Å². The molecule has 0 spiro atoms. The molecule has 0 radical (unpaired) electrons. The first-order valence-corrected chi connectivity index (χ1v) is 11.7. The first-order valence-electron chi connectivity index (χ1n) is 10.3. The van der Waals surface area contributed by atoms with Crippen molar-refractivity contribution < 1.29 is 22.7 Å². The van der Waals surface area contributed by atoms with Gasteiger partial charge in [-0.15, -0.1) is 0 Å². The maximum Gasteiger partial charge on any atom is 0.339 e. The fourth-order valence-electron chi connectivity index (χ4n) is 4.49. The summed E-state index contributed by atoms with van der Waals surface area (Å²) >= 11 is 0. The van der Waals surface area contributed by atoms with Crippen LogP contribution in [-0.2, 0) is 19.6 Å². The van der Waals surface area contributed by atoms with Crippen molar-refractivity contribution in [3.63, 3.8) is 0 Å². The summed E-state index contributed by atoms with van der Waals surface area (Å²) in [5, 5.41) is 0. The summed E-state index contributed by atoms with van der Waals surface area (Å²) in [5.41, 5.74) is 0.0324. The second-order valence-corrected chi connectivity index (χ2v) is 9.97. The van der Waals surface area contributed by atoms with E-state index in [1.807, 2.05) is 4.90 Å². The molecule has 2 saturated heterocycles. The first kappa shape index (κ1) is 21.8. The van der Waals surface area contributed by atoms with Gasteiger partial charge in [0.05, 0.1) is 17.6 Å². The van der Waals surface area contributed by atoms with Gasteiger partial charge < -0.3 is 9.64 Å². The predicted molar refractivity (Wildman–Crippen MR) is 109 cm³/mol. The minimum Gasteiger partial charge on any atom is -0.465 e. The van der Waals surface area contributed by atoms with Crippen LogP contribution in [0.15, 0.2) is 29.2 Å². The molecular formula is C21H30N2O5S. The van der Waals surface area contributed by atoms with Crippen LogP contribution in [0.1, 0.15) is 49.9 Å². The quantitative estimate of drug-likeness (QED) is 0.681. The minimum atomic E-state index is -3.83. The number of nitrogens with zero attached hydrogens (tertiary/aromatic N) is 2. The molecule has 1 aromatic rings. The zero-order valence-electron chi connectivity index (χ0n) is 17.3. The van der Waals surface area contributed by atoms with Gasteiger partial charge >= 0.3 is 5.97 Å². The van der Waals surface area contributed by atoms with E-state index in [0.717, 1.165) is 19.4 Å². The molecule has 1 aromatic carbocycles. The van der Waals surface area contributed by atoms with Crippen LogP contribution in [-0.4, -0.2) is 62.3 Å². The molecule has 2 aliphatic heterocycles. The summed E-state index contributed by atoms with van der Waals surface area (Å²) in [6.45, 7) is 5.62. The Labute approximate surface area is 173 Å². The maximum absolute atomic E-state index is 13.1. The van der Waals surface area contributed by atoms with Crippen molar-refractivity contribution in [2.45, 2.75) is 50.5 Å². The number of piperidine rings is 1. The van der Waals surface area contributed by atoms with Gasteiger partial charge in [0.2, 0.25) is 15.9 Å². The van der Waals surface area contributed by atoms with Gasteiger partial charge in [-0.2, -0.15) is 4.31 Å². The zero-order chi connectivity index (χ0) is 21.2. The van der Waals surface area contributed by atoms with E-state index in [2.05, 4.69) is 13.8 Å². The maximum atomic E-state index is 13.1. The largest absolute Gasteiger partial charge is 0.465 e. The minimum absolute atomic E-state index is 0.0324. The second kappa shape index (κ2) is 8.83. The second-order valence-electron chi connectivity index (χ2n) is 8.06. The molecule has 8 heteroatoms. The number of hydrogen-bond donors (Lipinski definition) is 0. The Balaban J connectivity index is 1.71. The molecule has 3 rings (SSSR count). The predicted octanol–water partition coefficient (Wildman–Crippen LogP) is 2.52. The highest BCUT2D eigenvalue weighted by Crippen LogP contribution is 2.31. The van der Waals surface area contributed by atoms with Crippen molar-refractivity contribution in [1.82, 2.24) is 9.21 Å². The van der Waals surface area contributed by atoms with Crippen molar-refractivity contribution >= 4 is 21.9 Å². The van der Waals surface area contributed by atoms with Crippen LogP contribution in [0.4, 0.5) is 0 Å². The first-order chi connectivity index (χ1) is 13.8. The third-order valence-electron chi connectivity index (χ3n) is 6.09. The van der Waals surface area contributed by atoms with Gasteiger partial charge in [-0.25, -0.2) is 13.2 Å². The van der Waals surface area contributed by atoms with E-state index in [0.29, 0.717) is 24.8 Å². The highest BCUT2D eigenvalue weighted by molar-refractivity contribution is 7.89. The summed E-state index contributed by atoms with van der Waals surface area (Å²) in [6.07, 6.45) is 2.99. The summed E-state index contributed by atoms with van der Waals surface area (Å²) in [7, 11) is -2.60. The van der Waals surface area contributed by atoms with Crippen LogP contribution in [0.3, 0.4) is 0 Å². The molecule has 7 nitrogen and oxygen atoms in total. The number of hydrogen-bond acceptors (Lipinski definition) is 5. The van der Waals surface area contributed by atoms with Crippen LogP contribution in [0.25, 0.3) is 0 Å². The van der Waals surface area contributed by atoms with Crippen LogP contribution in [0.2, 0.25) is 0 Å². The lowest BCUT2D eigenvalue weighted by Crippen LogP contribution is -2.45.